The number of aromatic hydroxyl groups is 1. The summed E-state index contributed by atoms with van der Waals surface area (Å²) >= 11 is 8.51. The Morgan fingerprint density at radius 2 is 0.906 bits per heavy atom. The summed E-state index contributed by atoms with van der Waals surface area (Å²) in [6.45, 7) is 9.95. The molecule has 576 valence electrons. The van der Waals surface area contributed by atoms with Gasteiger partial charge in [0.25, 0.3) is 0 Å². The summed E-state index contributed by atoms with van der Waals surface area (Å²) < 4.78 is 0. The van der Waals surface area contributed by atoms with E-state index in [1.165, 1.54) is 57.6 Å². The molecule has 5 aromatic rings. The van der Waals surface area contributed by atoms with Crippen LogP contribution in [-0.2, 0) is 92.8 Å². The second-order valence-electron chi connectivity index (χ2n) is 26.4. The summed E-state index contributed by atoms with van der Waals surface area (Å²) in [5, 5.41) is 61.8. The van der Waals surface area contributed by atoms with Crippen molar-refractivity contribution in [3.8, 4) is 5.75 Å². The molecule has 2 heterocycles. The number of phenolic OH excluding ortho intramolecular Hbond substituents is 1. The van der Waals surface area contributed by atoms with Crippen molar-refractivity contribution >= 4 is 119 Å². The number of H-pyrrole nitrogens is 2. The lowest BCUT2D eigenvalue weighted by Crippen LogP contribution is -2.62. The standard InChI is InChI=1S/C70H97N17O17S2/c1-35(2)23-48(77-39(7)90)67(101)87-58(38(6)89)70(104)83-51(25-40-13-9-8-10-14-40)65(99)86-55(32-105)68(102)82-53(28-43-30-73-34-75-43)66(100)80-50(26-41-17-19-44(91)20-18-41)64(98)81-52(27-42-29-74-46-16-12-11-15-45(42)46)62(96)76-37(5)60(94)78-47(21-22-57(71)92)61(95)79-49(24-36(3)4)63(97)85-56(33-106)69(103)84-54(31-88)59(72)93/h8-20,29-30,34-38,47-56,58,74,88-89,91,105-106H,21-28,31-33H2,1-7H3,(H2,71,92)(H2,72,93)(H,73,75)(H,76,96)(H,77,90)(H,78,94)(H,79,95)(H,80,100)(H,81,98)(H,82,102)(H,83,104)(H,84,103)(H,85,97)(H,86,99)(H,87,101)/t37-,38+,47-,48-,49-,50-,51-,52-,53-,54-,55+,56-,58-/m0/s1. The molecule has 0 radical (unpaired) electrons. The minimum atomic E-state index is -1.64. The number of imidazole rings is 1. The van der Waals surface area contributed by atoms with E-state index in [1.807, 2.05) is 13.8 Å². The number of aromatic amines is 2. The molecule has 0 aliphatic heterocycles. The van der Waals surface area contributed by atoms with Gasteiger partial charge in [-0.25, -0.2) is 4.98 Å². The number of nitrogens with two attached hydrogens (primary N) is 2. The van der Waals surface area contributed by atoms with Gasteiger partial charge in [-0.2, -0.15) is 25.3 Å². The van der Waals surface area contributed by atoms with E-state index in [0.29, 0.717) is 33.3 Å². The predicted octanol–water partition coefficient (Wildman–Crippen LogP) is -3.20. The minimum absolute atomic E-state index is 0.0304. The first-order valence-electron chi connectivity index (χ1n) is 34.2. The van der Waals surface area contributed by atoms with Gasteiger partial charge in [0.2, 0.25) is 82.7 Å². The second-order valence-corrected chi connectivity index (χ2v) is 27.1. The molecule has 0 saturated carbocycles. The lowest BCUT2D eigenvalue weighted by molar-refractivity contribution is -0.136. The number of hydrogen-bond donors (Lipinski definition) is 21. The number of aliphatic hydroxyl groups is 2. The molecule has 0 aliphatic rings. The topological polar surface area (TPSA) is 541 Å². The van der Waals surface area contributed by atoms with Crippen LogP contribution in [0.4, 0.5) is 0 Å². The van der Waals surface area contributed by atoms with Crippen LogP contribution >= 0.6 is 25.3 Å². The van der Waals surface area contributed by atoms with Gasteiger partial charge >= 0.3 is 0 Å². The first-order valence-corrected chi connectivity index (χ1v) is 35.5. The number of carbonyl (C=O) groups excluding carboxylic acids is 14. The molecular weight excluding hydrogens is 1420 g/mol. The molecule has 34 nitrogen and oxygen atoms in total. The summed E-state index contributed by atoms with van der Waals surface area (Å²) in [5.74, 6) is -14.1. The highest BCUT2D eigenvalue weighted by Crippen LogP contribution is 2.21. The zero-order chi connectivity index (χ0) is 78.5. The Morgan fingerprint density at radius 3 is 1.41 bits per heavy atom. The molecule has 0 aliphatic carbocycles. The van der Waals surface area contributed by atoms with Crippen molar-refractivity contribution in [3.05, 3.63) is 120 Å². The number of rotatable bonds is 43. The van der Waals surface area contributed by atoms with Crippen molar-refractivity contribution in [3.63, 3.8) is 0 Å². The van der Waals surface area contributed by atoms with Crippen LogP contribution in [0.1, 0.15) is 96.5 Å². The number of benzene rings is 3. The number of fused-ring (bicyclic) bond motifs is 1. The molecule has 21 N–H and O–H groups in total. The average molecular weight is 1510 g/mol. The number of carbonyl (C=O) groups is 14. The fraction of sp³-hybridized carbons (Fsp3) is 0.471. The number of hydrogen-bond acceptors (Lipinski definition) is 20. The highest BCUT2D eigenvalue weighted by atomic mass is 32.1. The van der Waals surface area contributed by atoms with Gasteiger partial charge in [-0.1, -0.05) is 88.4 Å². The molecule has 0 spiro atoms. The van der Waals surface area contributed by atoms with Gasteiger partial charge in [-0.3, -0.25) is 67.1 Å². The third-order valence-electron chi connectivity index (χ3n) is 16.6. The van der Waals surface area contributed by atoms with Crippen molar-refractivity contribution in [2.75, 3.05) is 18.1 Å². The van der Waals surface area contributed by atoms with E-state index in [2.05, 4.69) is 104 Å². The van der Waals surface area contributed by atoms with E-state index in [0.717, 1.165) is 0 Å². The number of thiol groups is 2. The zero-order valence-electron chi connectivity index (χ0n) is 59.7. The first-order chi connectivity index (χ1) is 50.2. The molecule has 5 rings (SSSR count). The van der Waals surface area contributed by atoms with Crippen LogP contribution in [0.2, 0.25) is 0 Å². The average Bonchev–Trinajstić information content (AvgIpc) is 1.60. The number of aliphatic hydroxyl groups excluding tert-OH is 2. The second kappa shape index (κ2) is 42.4. The molecule has 0 fully saturated rings. The predicted molar refractivity (Wildman–Crippen MR) is 394 cm³/mol. The van der Waals surface area contributed by atoms with Crippen molar-refractivity contribution in [1.82, 2.24) is 78.8 Å². The van der Waals surface area contributed by atoms with Crippen LogP contribution in [0.15, 0.2) is 97.6 Å². The van der Waals surface area contributed by atoms with Crippen LogP contribution in [0.3, 0.4) is 0 Å². The van der Waals surface area contributed by atoms with E-state index in [4.69, 9.17) is 11.5 Å². The Kier molecular flexibility index (Phi) is 34.4. The Hall–Kier alpha value is -10.6. The maximum absolute atomic E-state index is 15.1. The van der Waals surface area contributed by atoms with E-state index >= 15 is 4.79 Å². The number of nitrogens with one attached hydrogen (secondary N) is 14. The van der Waals surface area contributed by atoms with Crippen LogP contribution in [0.5, 0.6) is 5.75 Å². The van der Waals surface area contributed by atoms with Gasteiger partial charge < -0.3 is 101 Å². The number of para-hydroxylation sites is 1. The van der Waals surface area contributed by atoms with Crippen molar-refractivity contribution in [2.45, 2.75) is 178 Å². The molecule has 106 heavy (non-hydrogen) atoms. The van der Waals surface area contributed by atoms with Crippen LogP contribution < -0.4 is 75.3 Å². The van der Waals surface area contributed by atoms with Crippen molar-refractivity contribution in [1.29, 1.82) is 0 Å². The van der Waals surface area contributed by atoms with Gasteiger partial charge in [0, 0.05) is 79.5 Å². The highest BCUT2D eigenvalue weighted by Gasteiger charge is 2.38. The molecule has 14 amide bonds. The number of primary amides is 2. The van der Waals surface area contributed by atoms with Crippen LogP contribution in [0, 0.1) is 11.8 Å². The Bertz CT molecular complexity index is 3840. The SMILES string of the molecule is CC(=O)N[C@@H](CC(C)C)C(=O)N[C@H](C(=O)N[C@@H](Cc1ccccc1)C(=O)N[C@H](CS)C(=O)N[C@@H](Cc1cnc[nH]1)C(=O)N[C@@H](Cc1ccc(O)cc1)C(=O)N[C@@H](Cc1c[nH]c2ccccc12)C(=O)N[C@@H](C)C(=O)N[C@@H](CCC(N)=O)C(=O)N[C@@H](CC(C)C)C(=O)N[C@@H](CS)C(=O)N[C@@H](CO)C(N)=O)[C@@H](C)O. The van der Waals surface area contributed by atoms with Gasteiger partial charge in [0.05, 0.1) is 19.0 Å². The smallest absolute Gasteiger partial charge is 0.245 e. The normalized spacial score (nSPS) is 14.9. The highest BCUT2D eigenvalue weighted by molar-refractivity contribution is 7.80. The van der Waals surface area contributed by atoms with Gasteiger partial charge in [-0.15, -0.1) is 0 Å². The van der Waals surface area contributed by atoms with Crippen LogP contribution in [0.25, 0.3) is 10.9 Å². The largest absolute Gasteiger partial charge is 0.508 e. The molecular formula is C70H97N17O17S2. The Labute approximate surface area is 622 Å². The molecule has 13 atom stereocenters. The van der Waals surface area contributed by atoms with Gasteiger partial charge in [0.1, 0.15) is 78.3 Å². The molecule has 0 saturated heterocycles. The Balaban J connectivity index is 1.43. The van der Waals surface area contributed by atoms with Gasteiger partial charge in [0.15, 0.2) is 0 Å². The maximum Gasteiger partial charge on any atom is 0.245 e. The molecule has 36 heteroatoms. The number of phenols is 1. The minimum Gasteiger partial charge on any atom is -0.508 e. The lowest BCUT2D eigenvalue weighted by atomic mass is 10.0. The van der Waals surface area contributed by atoms with Gasteiger partial charge in [-0.05, 0) is 79.8 Å². The van der Waals surface area contributed by atoms with Crippen molar-refractivity contribution < 1.29 is 82.4 Å². The Morgan fingerprint density at radius 1 is 0.472 bits per heavy atom. The fourth-order valence-electron chi connectivity index (χ4n) is 11.0. The third kappa shape index (κ3) is 27.8. The van der Waals surface area contributed by atoms with E-state index in [9.17, 15) is 77.6 Å². The van der Waals surface area contributed by atoms with E-state index in [1.54, 1.807) is 74.6 Å². The molecule has 0 bridgehead atoms. The summed E-state index contributed by atoms with van der Waals surface area (Å²) in [6, 6.07) is 3.07. The molecule has 0 unspecified atom stereocenters. The number of aromatic nitrogens is 3. The number of nitrogens with zero attached hydrogens (tertiary/aromatic N) is 1. The third-order valence-corrected chi connectivity index (χ3v) is 17.3. The lowest BCUT2D eigenvalue weighted by Gasteiger charge is -2.28. The molecule has 3 aromatic carbocycles. The quantitative estimate of drug-likeness (QED) is 0.0171. The summed E-state index contributed by atoms with van der Waals surface area (Å²) in [7, 11) is 0. The monoisotopic (exact) mass is 1510 g/mol. The summed E-state index contributed by atoms with van der Waals surface area (Å²) in [6.07, 6.45) is 0.956. The van der Waals surface area contributed by atoms with E-state index < -0.39 is 187 Å². The summed E-state index contributed by atoms with van der Waals surface area (Å²) in [5.41, 5.74) is 13.1. The van der Waals surface area contributed by atoms with Crippen LogP contribution in [-0.4, -0.2) is 210 Å². The van der Waals surface area contributed by atoms with Crippen molar-refractivity contribution in [2.24, 2.45) is 23.3 Å². The first kappa shape index (κ1) is 86.1. The number of amides is 14. The fourth-order valence-corrected chi connectivity index (χ4v) is 11.5. The molecule has 2 aromatic heterocycles. The maximum atomic E-state index is 15.1. The summed E-state index contributed by atoms with van der Waals surface area (Å²) in [4.78, 5) is 203. The van der Waals surface area contributed by atoms with E-state index in [-0.39, 0.29) is 61.9 Å². The zero-order valence-corrected chi connectivity index (χ0v) is 61.5.